The van der Waals surface area contributed by atoms with Gasteiger partial charge in [-0.3, -0.25) is 4.79 Å². The van der Waals surface area contributed by atoms with Gasteiger partial charge in [0, 0.05) is 13.1 Å². The molecule has 0 spiro atoms. The second-order valence-corrected chi connectivity index (χ2v) is 4.27. The molecule has 106 valence electrons. The fourth-order valence-corrected chi connectivity index (χ4v) is 1.92. The maximum absolute atomic E-state index is 10.4. The van der Waals surface area contributed by atoms with Gasteiger partial charge in [-0.15, -0.1) is 0 Å². The largest absolute Gasteiger partial charge is 0.491 e. The van der Waals surface area contributed by atoms with Crippen LogP contribution >= 0.6 is 11.6 Å². The van der Waals surface area contributed by atoms with Crippen molar-refractivity contribution in [3.05, 3.63) is 22.7 Å². The van der Waals surface area contributed by atoms with Gasteiger partial charge in [0.2, 0.25) is 0 Å². The van der Waals surface area contributed by atoms with E-state index in [2.05, 4.69) is 5.32 Å². The zero-order valence-corrected chi connectivity index (χ0v) is 11.8. The Morgan fingerprint density at radius 3 is 2.79 bits per heavy atom. The number of carboxylic acids is 1. The molecule has 0 aliphatic carbocycles. The molecular formula is C13H18ClNO4. The minimum absolute atomic E-state index is 0.0855. The van der Waals surface area contributed by atoms with Crippen molar-refractivity contribution in [3.8, 4) is 11.5 Å². The zero-order chi connectivity index (χ0) is 14.3. The highest BCUT2D eigenvalue weighted by Crippen LogP contribution is 2.36. The lowest BCUT2D eigenvalue weighted by Crippen LogP contribution is -2.17. The highest BCUT2D eigenvalue weighted by atomic mass is 35.5. The number of aliphatic carboxylic acids is 1. The normalized spacial score (nSPS) is 10.3. The SMILES string of the molecule is CCOc1cc(CNCCC(=O)O)cc(Cl)c1OC. The zero-order valence-electron chi connectivity index (χ0n) is 11.0. The number of ether oxygens (including phenoxy) is 2. The molecule has 0 saturated carbocycles. The molecule has 0 aliphatic heterocycles. The number of methoxy groups -OCH3 is 1. The van der Waals surface area contributed by atoms with Crippen LogP contribution in [0.5, 0.6) is 11.5 Å². The summed E-state index contributed by atoms with van der Waals surface area (Å²) >= 11 is 6.11. The molecule has 0 unspecified atom stereocenters. The van der Waals surface area contributed by atoms with Crippen LogP contribution in [0.2, 0.25) is 5.02 Å². The summed E-state index contributed by atoms with van der Waals surface area (Å²) in [5.41, 5.74) is 0.916. The first kappa shape index (κ1) is 15.6. The van der Waals surface area contributed by atoms with Crippen LogP contribution in [0.1, 0.15) is 18.9 Å². The van der Waals surface area contributed by atoms with Crippen molar-refractivity contribution >= 4 is 17.6 Å². The fourth-order valence-electron chi connectivity index (χ4n) is 1.61. The van der Waals surface area contributed by atoms with E-state index in [1.165, 1.54) is 7.11 Å². The van der Waals surface area contributed by atoms with Gasteiger partial charge < -0.3 is 19.9 Å². The van der Waals surface area contributed by atoms with E-state index in [1.807, 2.05) is 13.0 Å². The molecule has 0 amide bonds. The van der Waals surface area contributed by atoms with Gasteiger partial charge in [0.1, 0.15) is 0 Å². The summed E-state index contributed by atoms with van der Waals surface area (Å²) in [4.78, 5) is 10.4. The van der Waals surface area contributed by atoms with Crippen molar-refractivity contribution in [2.45, 2.75) is 19.9 Å². The summed E-state index contributed by atoms with van der Waals surface area (Å²) < 4.78 is 10.6. The van der Waals surface area contributed by atoms with Gasteiger partial charge in [-0.1, -0.05) is 11.6 Å². The molecular weight excluding hydrogens is 270 g/mol. The first-order chi connectivity index (χ1) is 9.08. The van der Waals surface area contributed by atoms with Crippen molar-refractivity contribution in [2.24, 2.45) is 0 Å². The monoisotopic (exact) mass is 287 g/mol. The molecule has 0 heterocycles. The summed E-state index contributed by atoms with van der Waals surface area (Å²) in [5, 5.41) is 12.0. The van der Waals surface area contributed by atoms with Crippen LogP contribution < -0.4 is 14.8 Å². The number of hydrogen-bond acceptors (Lipinski definition) is 4. The van der Waals surface area contributed by atoms with Crippen LogP contribution in [-0.4, -0.2) is 31.3 Å². The van der Waals surface area contributed by atoms with Gasteiger partial charge in [-0.25, -0.2) is 0 Å². The predicted molar refractivity (Wildman–Crippen MR) is 73.1 cm³/mol. The van der Waals surface area contributed by atoms with Gasteiger partial charge in [0.15, 0.2) is 11.5 Å². The standard InChI is InChI=1S/C13H18ClNO4/c1-3-19-11-7-9(6-10(14)13(11)18-2)8-15-5-4-12(16)17/h6-7,15H,3-5,8H2,1-2H3,(H,16,17). The van der Waals surface area contributed by atoms with Gasteiger partial charge in [0.05, 0.1) is 25.2 Å². The number of halogens is 1. The Morgan fingerprint density at radius 1 is 1.47 bits per heavy atom. The number of carbonyl (C=O) groups is 1. The van der Waals surface area contributed by atoms with Crippen LogP contribution in [0.15, 0.2) is 12.1 Å². The molecule has 6 heteroatoms. The number of hydrogen-bond donors (Lipinski definition) is 2. The van der Waals surface area contributed by atoms with Crippen LogP contribution in [-0.2, 0) is 11.3 Å². The third-order valence-electron chi connectivity index (χ3n) is 2.42. The number of benzene rings is 1. The predicted octanol–water partition coefficient (Wildman–Crippen LogP) is 2.31. The quantitative estimate of drug-likeness (QED) is 0.718. The maximum Gasteiger partial charge on any atom is 0.304 e. The summed E-state index contributed by atoms with van der Waals surface area (Å²) in [6, 6.07) is 3.61. The van der Waals surface area contributed by atoms with Gasteiger partial charge in [0.25, 0.3) is 0 Å². The van der Waals surface area contributed by atoms with Crippen molar-refractivity contribution in [2.75, 3.05) is 20.3 Å². The lowest BCUT2D eigenvalue weighted by Gasteiger charge is -2.13. The lowest BCUT2D eigenvalue weighted by molar-refractivity contribution is -0.136. The van der Waals surface area contributed by atoms with Gasteiger partial charge in [-0.2, -0.15) is 0 Å². The molecule has 0 saturated heterocycles. The van der Waals surface area contributed by atoms with Crippen LogP contribution in [0.4, 0.5) is 0 Å². The molecule has 2 N–H and O–H groups in total. The highest BCUT2D eigenvalue weighted by Gasteiger charge is 2.11. The molecule has 1 aromatic carbocycles. The molecule has 0 aromatic heterocycles. The number of nitrogens with one attached hydrogen (secondary N) is 1. The molecule has 1 aromatic rings. The molecule has 0 radical (unpaired) electrons. The van der Waals surface area contributed by atoms with E-state index in [0.29, 0.717) is 36.2 Å². The van der Waals surface area contributed by atoms with E-state index in [9.17, 15) is 4.79 Å². The summed E-state index contributed by atoms with van der Waals surface area (Å²) in [7, 11) is 1.54. The second kappa shape index (κ2) is 7.86. The molecule has 0 atom stereocenters. The topological polar surface area (TPSA) is 67.8 Å². The van der Waals surface area contributed by atoms with E-state index >= 15 is 0 Å². The Kier molecular flexibility index (Phi) is 6.45. The van der Waals surface area contributed by atoms with Crippen LogP contribution in [0.25, 0.3) is 0 Å². The fraction of sp³-hybridized carbons (Fsp3) is 0.462. The molecule has 1 rings (SSSR count). The first-order valence-electron chi connectivity index (χ1n) is 6.00. The Balaban J connectivity index is 2.71. The smallest absolute Gasteiger partial charge is 0.304 e. The van der Waals surface area contributed by atoms with Gasteiger partial charge in [-0.05, 0) is 24.6 Å². The molecule has 0 aliphatic rings. The average Bonchev–Trinajstić information content (AvgIpc) is 2.35. The van der Waals surface area contributed by atoms with E-state index in [4.69, 9.17) is 26.2 Å². The molecule has 5 nitrogen and oxygen atoms in total. The Hall–Kier alpha value is -1.46. The van der Waals surface area contributed by atoms with E-state index in [1.54, 1.807) is 6.07 Å². The van der Waals surface area contributed by atoms with Gasteiger partial charge >= 0.3 is 5.97 Å². The highest BCUT2D eigenvalue weighted by molar-refractivity contribution is 6.32. The average molecular weight is 288 g/mol. The second-order valence-electron chi connectivity index (χ2n) is 3.86. The van der Waals surface area contributed by atoms with E-state index in [0.717, 1.165) is 5.56 Å². The Labute approximate surface area is 117 Å². The Morgan fingerprint density at radius 2 is 2.21 bits per heavy atom. The molecule has 0 bridgehead atoms. The first-order valence-corrected chi connectivity index (χ1v) is 6.38. The number of rotatable bonds is 8. The summed E-state index contributed by atoms with van der Waals surface area (Å²) in [5.74, 6) is 0.278. The van der Waals surface area contributed by atoms with Crippen LogP contribution in [0.3, 0.4) is 0 Å². The Bertz CT molecular complexity index is 437. The minimum atomic E-state index is -0.824. The summed E-state index contributed by atoms with van der Waals surface area (Å²) in [6.45, 7) is 3.33. The number of carboxylic acid groups (broad SMARTS) is 1. The van der Waals surface area contributed by atoms with Crippen molar-refractivity contribution < 1.29 is 19.4 Å². The molecule has 19 heavy (non-hydrogen) atoms. The maximum atomic E-state index is 10.4. The van der Waals surface area contributed by atoms with Crippen LogP contribution in [0, 0.1) is 0 Å². The molecule has 0 fully saturated rings. The van der Waals surface area contributed by atoms with E-state index in [-0.39, 0.29) is 6.42 Å². The van der Waals surface area contributed by atoms with Crippen molar-refractivity contribution in [1.29, 1.82) is 0 Å². The van der Waals surface area contributed by atoms with E-state index < -0.39 is 5.97 Å². The van der Waals surface area contributed by atoms with Crippen molar-refractivity contribution in [1.82, 2.24) is 5.32 Å². The summed E-state index contributed by atoms with van der Waals surface area (Å²) in [6.07, 6.45) is 0.0855. The van der Waals surface area contributed by atoms with Crippen molar-refractivity contribution in [3.63, 3.8) is 0 Å². The third-order valence-corrected chi connectivity index (χ3v) is 2.70. The third kappa shape index (κ3) is 4.96. The lowest BCUT2D eigenvalue weighted by atomic mass is 10.2. The minimum Gasteiger partial charge on any atom is -0.491 e.